The molecule has 0 N–H and O–H groups in total. The van der Waals surface area contributed by atoms with Crippen molar-refractivity contribution in [2.45, 2.75) is 43.8 Å². The summed E-state index contributed by atoms with van der Waals surface area (Å²) in [5.41, 5.74) is 0.0197. The fourth-order valence-electron chi connectivity index (χ4n) is 4.56. The third-order valence-electron chi connectivity index (χ3n) is 4.66. The van der Waals surface area contributed by atoms with Crippen molar-refractivity contribution in [2.75, 3.05) is 0 Å². The van der Waals surface area contributed by atoms with Gasteiger partial charge in [-0.3, -0.25) is 0 Å². The van der Waals surface area contributed by atoms with E-state index in [0.29, 0.717) is 11.3 Å². The van der Waals surface area contributed by atoms with Crippen molar-refractivity contribution < 1.29 is 9.47 Å². The van der Waals surface area contributed by atoms with E-state index in [0.717, 1.165) is 17.8 Å². The van der Waals surface area contributed by atoms with E-state index in [4.69, 9.17) is 21.7 Å². The van der Waals surface area contributed by atoms with Crippen LogP contribution < -0.4 is 0 Å². The summed E-state index contributed by atoms with van der Waals surface area (Å²) in [5.74, 6) is 2.53. The summed E-state index contributed by atoms with van der Waals surface area (Å²) in [4.78, 5) is 0. The molecule has 3 heteroatoms. The van der Waals surface area contributed by atoms with Crippen molar-refractivity contribution in [1.29, 1.82) is 0 Å². The van der Waals surface area contributed by atoms with Crippen LogP contribution in [-0.2, 0) is 9.47 Å². The molecule has 5 rings (SSSR count). The average molecular weight is 210 g/mol. The molecule has 3 atom stereocenters. The van der Waals surface area contributed by atoms with Crippen LogP contribution in [0.4, 0.5) is 0 Å². The molecule has 4 aliphatic carbocycles. The molecule has 0 radical (unpaired) electrons. The SMILES string of the molecule is S=C1OC2C3CC4CC(C3)CC2(C4)O1. The van der Waals surface area contributed by atoms with Crippen molar-refractivity contribution in [1.82, 2.24) is 0 Å². The van der Waals surface area contributed by atoms with Crippen molar-refractivity contribution in [3.05, 3.63) is 0 Å². The maximum atomic E-state index is 5.83. The maximum absolute atomic E-state index is 5.83. The molecule has 4 saturated carbocycles. The average Bonchev–Trinajstić information content (AvgIpc) is 2.40. The van der Waals surface area contributed by atoms with Crippen molar-refractivity contribution in [3.8, 4) is 0 Å². The topological polar surface area (TPSA) is 18.5 Å². The highest BCUT2D eigenvalue weighted by atomic mass is 32.1. The first kappa shape index (κ1) is 7.91. The fraction of sp³-hybridized carbons (Fsp3) is 0.909. The van der Waals surface area contributed by atoms with Crippen LogP contribution in [0, 0.1) is 17.8 Å². The minimum Gasteiger partial charge on any atom is -0.449 e. The predicted molar refractivity (Wildman–Crippen MR) is 54.8 cm³/mol. The molecule has 1 heterocycles. The molecule has 1 spiro atoms. The molecule has 5 aliphatic rings. The zero-order valence-corrected chi connectivity index (χ0v) is 8.89. The normalized spacial score (nSPS) is 58.1. The molecule has 1 aliphatic heterocycles. The second-order valence-corrected chi connectivity index (χ2v) is 5.90. The Bertz CT molecular complexity index is 300. The molecule has 3 unspecified atom stereocenters. The zero-order chi connectivity index (χ0) is 9.34. The standard InChI is InChI=1S/C11H14O2S/c14-10-12-9-8-2-6-1-7(3-8)5-11(9,4-6)13-10/h6-9H,1-5H2. The van der Waals surface area contributed by atoms with Crippen LogP contribution in [0.1, 0.15) is 32.1 Å². The smallest absolute Gasteiger partial charge is 0.353 e. The van der Waals surface area contributed by atoms with Crippen molar-refractivity contribution >= 4 is 17.5 Å². The van der Waals surface area contributed by atoms with E-state index < -0.39 is 0 Å². The van der Waals surface area contributed by atoms with E-state index in [2.05, 4.69) is 0 Å². The van der Waals surface area contributed by atoms with Crippen molar-refractivity contribution in [3.63, 3.8) is 0 Å². The molecular weight excluding hydrogens is 196 g/mol. The molecule has 0 aromatic carbocycles. The molecular formula is C11H14O2S. The van der Waals surface area contributed by atoms with Gasteiger partial charge in [0.2, 0.25) is 0 Å². The van der Waals surface area contributed by atoms with E-state index in [1.807, 2.05) is 0 Å². The molecule has 0 aromatic rings. The number of thiocarbonyl (C=S) groups is 1. The first-order valence-corrected chi connectivity index (χ1v) is 6.06. The Morgan fingerprint density at radius 3 is 2.57 bits per heavy atom. The van der Waals surface area contributed by atoms with Gasteiger partial charge in [0.1, 0.15) is 6.10 Å². The number of ether oxygens (including phenoxy) is 2. The molecule has 1 saturated heterocycles. The second-order valence-electron chi connectivity index (χ2n) is 5.56. The van der Waals surface area contributed by atoms with Gasteiger partial charge in [-0.05, 0) is 43.9 Å². The van der Waals surface area contributed by atoms with Gasteiger partial charge in [-0.1, -0.05) is 0 Å². The van der Waals surface area contributed by atoms with E-state index in [1.54, 1.807) is 0 Å². The molecule has 76 valence electrons. The van der Waals surface area contributed by atoms with Gasteiger partial charge >= 0.3 is 5.24 Å². The summed E-state index contributed by atoms with van der Waals surface area (Å²) in [7, 11) is 0. The minimum atomic E-state index is 0.0197. The molecule has 2 nitrogen and oxygen atoms in total. The van der Waals surface area contributed by atoms with Gasteiger partial charge in [0.15, 0.2) is 5.60 Å². The largest absolute Gasteiger partial charge is 0.449 e. The number of hydrogen-bond donors (Lipinski definition) is 0. The monoisotopic (exact) mass is 210 g/mol. The van der Waals surface area contributed by atoms with Crippen LogP contribution in [-0.4, -0.2) is 16.9 Å². The van der Waals surface area contributed by atoms with Crippen LogP contribution in [0.15, 0.2) is 0 Å². The molecule has 0 amide bonds. The van der Waals surface area contributed by atoms with Gasteiger partial charge in [0.05, 0.1) is 0 Å². The maximum Gasteiger partial charge on any atom is 0.353 e. The highest BCUT2D eigenvalue weighted by Crippen LogP contribution is 2.60. The lowest BCUT2D eigenvalue weighted by molar-refractivity contribution is -0.140. The van der Waals surface area contributed by atoms with E-state index in [1.165, 1.54) is 32.1 Å². The van der Waals surface area contributed by atoms with Crippen LogP contribution >= 0.6 is 12.2 Å². The first-order valence-electron chi connectivity index (χ1n) is 5.65. The summed E-state index contributed by atoms with van der Waals surface area (Å²) in [6, 6.07) is 0. The minimum absolute atomic E-state index is 0.0197. The van der Waals surface area contributed by atoms with E-state index >= 15 is 0 Å². The second kappa shape index (κ2) is 2.26. The third-order valence-corrected chi connectivity index (χ3v) is 4.84. The van der Waals surface area contributed by atoms with Crippen LogP contribution in [0.2, 0.25) is 0 Å². The third kappa shape index (κ3) is 0.807. The highest BCUT2D eigenvalue weighted by molar-refractivity contribution is 7.79. The Morgan fingerprint density at radius 1 is 1.14 bits per heavy atom. The van der Waals surface area contributed by atoms with Gasteiger partial charge in [-0.2, -0.15) is 0 Å². The van der Waals surface area contributed by atoms with Gasteiger partial charge in [0.25, 0.3) is 0 Å². The first-order chi connectivity index (χ1) is 6.75. The summed E-state index contributed by atoms with van der Waals surface area (Å²) in [6.45, 7) is 0. The summed E-state index contributed by atoms with van der Waals surface area (Å²) >= 11 is 5.06. The van der Waals surface area contributed by atoms with Crippen LogP contribution in [0.5, 0.6) is 0 Å². The van der Waals surface area contributed by atoms with Gasteiger partial charge < -0.3 is 9.47 Å². The van der Waals surface area contributed by atoms with Crippen LogP contribution in [0.25, 0.3) is 0 Å². The number of hydrogen-bond acceptors (Lipinski definition) is 3. The van der Waals surface area contributed by atoms with E-state index in [9.17, 15) is 0 Å². The molecule has 4 bridgehead atoms. The Hall–Kier alpha value is -0.310. The molecule has 0 aromatic heterocycles. The van der Waals surface area contributed by atoms with Crippen LogP contribution in [0.3, 0.4) is 0 Å². The summed E-state index contributed by atoms with van der Waals surface area (Å²) in [6.07, 6.45) is 6.85. The predicted octanol–water partition coefficient (Wildman–Crippen LogP) is 2.27. The van der Waals surface area contributed by atoms with Crippen molar-refractivity contribution in [2.24, 2.45) is 17.8 Å². The molecule has 5 fully saturated rings. The zero-order valence-electron chi connectivity index (χ0n) is 8.07. The lowest BCUT2D eigenvalue weighted by Crippen LogP contribution is -2.58. The Kier molecular flexibility index (Phi) is 1.28. The summed E-state index contributed by atoms with van der Waals surface area (Å²) in [5, 5.41) is 0.420. The van der Waals surface area contributed by atoms with Gasteiger partial charge in [0, 0.05) is 18.1 Å². The quantitative estimate of drug-likeness (QED) is 0.571. The Labute approximate surface area is 89.0 Å². The fourth-order valence-corrected chi connectivity index (χ4v) is 4.83. The lowest BCUT2D eigenvalue weighted by atomic mass is 9.53. The summed E-state index contributed by atoms with van der Waals surface area (Å²) < 4.78 is 11.5. The highest BCUT2D eigenvalue weighted by Gasteiger charge is 2.63. The molecule has 14 heavy (non-hydrogen) atoms. The number of rotatable bonds is 0. The Morgan fingerprint density at radius 2 is 1.86 bits per heavy atom. The van der Waals surface area contributed by atoms with Gasteiger partial charge in [-0.25, -0.2) is 0 Å². The lowest BCUT2D eigenvalue weighted by Gasteiger charge is -2.55. The Balaban J connectivity index is 1.80. The van der Waals surface area contributed by atoms with E-state index in [-0.39, 0.29) is 5.60 Å². The van der Waals surface area contributed by atoms with Gasteiger partial charge in [-0.15, -0.1) is 0 Å².